The Labute approximate surface area is 178 Å². The fourth-order valence-electron chi connectivity index (χ4n) is 4.26. The number of amidine groups is 1. The number of hydrogen-bond acceptors (Lipinski definition) is 6. The molecular weight excluding hydrogens is 376 g/mol. The first-order valence-corrected chi connectivity index (χ1v) is 10.7. The molecule has 1 fully saturated rings. The van der Waals surface area contributed by atoms with Crippen molar-refractivity contribution in [1.82, 2.24) is 14.8 Å². The van der Waals surface area contributed by atoms with Gasteiger partial charge in [0, 0.05) is 69.5 Å². The quantitative estimate of drug-likeness (QED) is 0.707. The summed E-state index contributed by atoms with van der Waals surface area (Å²) in [7, 11) is 3.84. The molecule has 158 valence electrons. The summed E-state index contributed by atoms with van der Waals surface area (Å²) in [5.74, 6) is 1.32. The first-order valence-electron chi connectivity index (χ1n) is 10.7. The number of ether oxygens (including phenoxy) is 1. The molecule has 1 atom stereocenters. The van der Waals surface area contributed by atoms with Crippen molar-refractivity contribution in [2.45, 2.75) is 25.3 Å². The molecule has 2 aliphatic rings. The minimum absolute atomic E-state index is 0.0743. The normalized spacial score (nSPS) is 17.5. The van der Waals surface area contributed by atoms with Crippen LogP contribution >= 0.6 is 0 Å². The summed E-state index contributed by atoms with van der Waals surface area (Å²) in [6.07, 6.45) is 2.72. The number of benzene rings is 1. The van der Waals surface area contributed by atoms with Crippen LogP contribution in [0.4, 0.5) is 0 Å². The van der Waals surface area contributed by atoms with Gasteiger partial charge in [-0.05, 0) is 24.2 Å². The Hall–Kier alpha value is -2.57. The van der Waals surface area contributed by atoms with E-state index < -0.39 is 0 Å². The van der Waals surface area contributed by atoms with Crippen molar-refractivity contribution in [3.63, 3.8) is 0 Å². The lowest BCUT2D eigenvalue weighted by atomic mass is 9.93. The summed E-state index contributed by atoms with van der Waals surface area (Å²) < 4.78 is 5.36. The van der Waals surface area contributed by atoms with Gasteiger partial charge in [-0.25, -0.2) is 0 Å². The van der Waals surface area contributed by atoms with Gasteiger partial charge >= 0.3 is 0 Å². The van der Waals surface area contributed by atoms with Gasteiger partial charge in [0.1, 0.15) is 11.6 Å². The van der Waals surface area contributed by atoms with Crippen LogP contribution in [0.15, 0.2) is 47.6 Å². The molecule has 6 nitrogen and oxygen atoms in total. The number of rotatable bonds is 7. The first kappa shape index (κ1) is 20.7. The van der Waals surface area contributed by atoms with Gasteiger partial charge in [-0.1, -0.05) is 30.3 Å². The predicted molar refractivity (Wildman–Crippen MR) is 118 cm³/mol. The zero-order valence-electron chi connectivity index (χ0n) is 17.9. The highest BCUT2D eigenvalue weighted by atomic mass is 16.5. The van der Waals surface area contributed by atoms with Crippen molar-refractivity contribution in [2.24, 2.45) is 4.99 Å². The van der Waals surface area contributed by atoms with E-state index in [1.54, 1.807) is 7.11 Å². The lowest BCUT2D eigenvalue weighted by Crippen LogP contribution is -2.47. The number of methoxy groups -OCH3 is 1. The van der Waals surface area contributed by atoms with E-state index in [1.807, 2.05) is 24.4 Å². The maximum atomic E-state index is 12.8. The van der Waals surface area contributed by atoms with Gasteiger partial charge in [-0.2, -0.15) is 0 Å². The van der Waals surface area contributed by atoms with Gasteiger partial charge in [-0.3, -0.25) is 14.8 Å². The number of Topliss-reactive ketones (excluding diaryl/α,β-unsaturated/α-hetero) is 1. The Balaban J connectivity index is 1.39. The van der Waals surface area contributed by atoms with Crippen molar-refractivity contribution in [3.05, 3.63) is 65.0 Å². The van der Waals surface area contributed by atoms with E-state index in [0.29, 0.717) is 26.0 Å². The number of hydrogen-bond donors (Lipinski definition) is 0. The number of likely N-dealkylation sites (N-methyl/N-ethyl adjacent to an activating group) is 1. The molecule has 0 radical (unpaired) electrons. The molecule has 0 bridgehead atoms. The Kier molecular flexibility index (Phi) is 6.55. The molecule has 2 aromatic rings. The minimum atomic E-state index is 0.0743. The van der Waals surface area contributed by atoms with Gasteiger partial charge in [0.25, 0.3) is 0 Å². The lowest BCUT2D eigenvalue weighted by Gasteiger charge is -2.34. The number of carbonyl (C=O) groups excluding carboxylic acids is 1. The Morgan fingerprint density at radius 3 is 2.67 bits per heavy atom. The average molecular weight is 407 g/mol. The maximum Gasteiger partial charge on any atom is 0.139 e. The summed E-state index contributed by atoms with van der Waals surface area (Å²) in [4.78, 5) is 26.8. The van der Waals surface area contributed by atoms with E-state index in [1.165, 1.54) is 5.56 Å². The molecule has 0 aliphatic carbocycles. The topological polar surface area (TPSA) is 58.0 Å². The second-order valence-corrected chi connectivity index (χ2v) is 8.25. The van der Waals surface area contributed by atoms with Gasteiger partial charge in [0.05, 0.1) is 13.2 Å². The number of carbonyl (C=O) groups is 1. The van der Waals surface area contributed by atoms with Crippen LogP contribution < -0.4 is 0 Å². The predicted octanol–water partition coefficient (Wildman–Crippen LogP) is 2.52. The Morgan fingerprint density at radius 2 is 1.93 bits per heavy atom. The van der Waals surface area contributed by atoms with E-state index in [0.717, 1.165) is 48.8 Å². The fourth-order valence-corrected chi connectivity index (χ4v) is 4.26. The summed E-state index contributed by atoms with van der Waals surface area (Å²) in [6.45, 7) is 5.31. The van der Waals surface area contributed by atoms with E-state index >= 15 is 0 Å². The summed E-state index contributed by atoms with van der Waals surface area (Å²) in [5.41, 5.74) is 4.27. The van der Waals surface area contributed by atoms with Crippen molar-refractivity contribution in [2.75, 3.05) is 46.9 Å². The molecule has 0 unspecified atom stereocenters. The molecule has 30 heavy (non-hydrogen) atoms. The number of pyridine rings is 1. The molecule has 0 N–H and O–H groups in total. The summed E-state index contributed by atoms with van der Waals surface area (Å²) >= 11 is 0. The Morgan fingerprint density at radius 1 is 1.17 bits per heavy atom. The number of ketones is 1. The van der Waals surface area contributed by atoms with Gasteiger partial charge in [0.15, 0.2) is 0 Å². The monoisotopic (exact) mass is 406 g/mol. The molecule has 4 rings (SSSR count). The van der Waals surface area contributed by atoms with Crippen LogP contribution in [-0.4, -0.2) is 73.3 Å². The molecular formula is C24H30N4O2. The molecule has 6 heteroatoms. The molecule has 1 aromatic heterocycles. The van der Waals surface area contributed by atoms with Crippen molar-refractivity contribution in [3.8, 4) is 0 Å². The van der Waals surface area contributed by atoms with Gasteiger partial charge in [0.2, 0.25) is 0 Å². The van der Waals surface area contributed by atoms with Crippen molar-refractivity contribution < 1.29 is 9.53 Å². The number of aromatic nitrogens is 1. The van der Waals surface area contributed by atoms with E-state index in [9.17, 15) is 4.79 Å². The fraction of sp³-hybridized carbons (Fsp3) is 0.458. The van der Waals surface area contributed by atoms with Crippen molar-refractivity contribution >= 4 is 11.6 Å². The molecule has 1 saturated heterocycles. The molecule has 3 heterocycles. The molecule has 0 spiro atoms. The highest BCUT2D eigenvalue weighted by Gasteiger charge is 2.25. The second kappa shape index (κ2) is 9.49. The van der Waals surface area contributed by atoms with Gasteiger partial charge < -0.3 is 14.5 Å². The van der Waals surface area contributed by atoms with E-state index in [2.05, 4.69) is 40.0 Å². The number of fused-ring (bicyclic) bond motifs is 1. The molecule has 0 saturated carbocycles. The number of aliphatic imine (C=N–C) groups is 1. The Bertz CT molecular complexity index is 905. The first-order chi connectivity index (χ1) is 14.6. The van der Waals surface area contributed by atoms with Gasteiger partial charge in [-0.15, -0.1) is 0 Å². The number of nitrogens with zero attached hydrogens (tertiary/aromatic N) is 4. The number of piperazine rings is 1. The second-order valence-electron chi connectivity index (χ2n) is 8.25. The van der Waals surface area contributed by atoms with Crippen LogP contribution in [0.5, 0.6) is 0 Å². The van der Waals surface area contributed by atoms with E-state index in [4.69, 9.17) is 9.73 Å². The smallest absolute Gasteiger partial charge is 0.139 e. The lowest BCUT2D eigenvalue weighted by molar-refractivity contribution is -0.119. The minimum Gasteiger partial charge on any atom is -0.384 e. The third kappa shape index (κ3) is 4.77. The van der Waals surface area contributed by atoms with Crippen LogP contribution in [0.3, 0.4) is 0 Å². The summed E-state index contributed by atoms with van der Waals surface area (Å²) in [5, 5.41) is 0. The third-order valence-electron chi connectivity index (χ3n) is 5.98. The molecule has 0 amide bonds. The van der Waals surface area contributed by atoms with E-state index in [-0.39, 0.29) is 11.7 Å². The molecule has 2 aliphatic heterocycles. The van der Waals surface area contributed by atoms with Crippen LogP contribution in [0.2, 0.25) is 0 Å². The van der Waals surface area contributed by atoms with Crippen LogP contribution in [0.1, 0.15) is 34.7 Å². The SMILES string of the molecule is COC[C@@H](CC(=O)Cc1cc2c(cn1)C(N1CCN(C)CC1)=NC2)c1ccccc1. The summed E-state index contributed by atoms with van der Waals surface area (Å²) in [6, 6.07) is 12.2. The highest BCUT2D eigenvalue weighted by molar-refractivity contribution is 6.01. The zero-order valence-corrected chi connectivity index (χ0v) is 17.9. The average Bonchev–Trinajstić information content (AvgIpc) is 3.18. The maximum absolute atomic E-state index is 12.8. The van der Waals surface area contributed by atoms with Crippen LogP contribution in [-0.2, 0) is 22.5 Å². The molecule has 1 aromatic carbocycles. The zero-order chi connectivity index (χ0) is 20.9. The van der Waals surface area contributed by atoms with Crippen LogP contribution in [0.25, 0.3) is 0 Å². The largest absolute Gasteiger partial charge is 0.384 e. The van der Waals surface area contributed by atoms with Crippen molar-refractivity contribution in [1.29, 1.82) is 0 Å². The third-order valence-corrected chi connectivity index (χ3v) is 5.98. The highest BCUT2D eigenvalue weighted by Crippen LogP contribution is 2.24. The standard InChI is InChI=1S/C24H30N4O2/c1-27-8-10-28(11-9-27)24-23-16-25-21(12-19(23)15-26-24)14-22(29)13-20(17-30-2)18-6-4-3-5-7-18/h3-7,12,16,20H,8-11,13-15,17H2,1-2H3/t20-/m1/s1. The van der Waals surface area contributed by atoms with Crippen LogP contribution in [0, 0.1) is 0 Å².